The van der Waals surface area contributed by atoms with Gasteiger partial charge in [-0.15, -0.1) is 0 Å². The first-order valence-electron chi connectivity index (χ1n) is 11.3. The molecule has 0 aliphatic heterocycles. The van der Waals surface area contributed by atoms with Crippen molar-refractivity contribution >= 4 is 16.1 Å². The molecule has 0 saturated heterocycles. The van der Waals surface area contributed by atoms with Gasteiger partial charge < -0.3 is 4.74 Å². The van der Waals surface area contributed by atoms with Crippen LogP contribution in [0.1, 0.15) is 38.2 Å². The number of carbonyl (C=O) groups is 1. The highest BCUT2D eigenvalue weighted by molar-refractivity contribution is 7.86. The molecule has 1 atom stereocenters. The van der Waals surface area contributed by atoms with Crippen molar-refractivity contribution in [2.75, 3.05) is 6.61 Å². The summed E-state index contributed by atoms with van der Waals surface area (Å²) >= 11 is 0. The third kappa shape index (κ3) is 7.55. The summed E-state index contributed by atoms with van der Waals surface area (Å²) < 4.78 is 36.5. The first kappa shape index (κ1) is 24.7. The van der Waals surface area contributed by atoms with Gasteiger partial charge in [-0.2, -0.15) is 8.42 Å². The lowest BCUT2D eigenvalue weighted by molar-refractivity contribution is -0.152. The molecule has 3 rings (SSSR count). The first-order chi connectivity index (χ1) is 16.0. The summed E-state index contributed by atoms with van der Waals surface area (Å²) in [6.07, 6.45) is 1.98. The van der Waals surface area contributed by atoms with Crippen molar-refractivity contribution in [3.63, 3.8) is 0 Å². The van der Waals surface area contributed by atoms with Crippen LogP contribution in [0.15, 0.2) is 89.8 Å². The van der Waals surface area contributed by atoms with E-state index in [9.17, 15) is 13.2 Å². The molecule has 6 heteroatoms. The molecule has 0 unspecified atom stereocenters. The largest absolute Gasteiger partial charge is 0.464 e. The van der Waals surface area contributed by atoms with Gasteiger partial charge in [-0.3, -0.25) is 4.18 Å². The van der Waals surface area contributed by atoms with Gasteiger partial charge in [-0.05, 0) is 54.5 Å². The van der Waals surface area contributed by atoms with E-state index in [1.807, 2.05) is 67.6 Å². The van der Waals surface area contributed by atoms with Crippen LogP contribution in [0.25, 0.3) is 11.1 Å². The van der Waals surface area contributed by atoms with E-state index >= 15 is 0 Å². The first-order valence-corrected chi connectivity index (χ1v) is 12.7. The van der Waals surface area contributed by atoms with Crippen LogP contribution in [0.4, 0.5) is 0 Å². The van der Waals surface area contributed by atoms with Crippen LogP contribution in [0.2, 0.25) is 0 Å². The highest BCUT2D eigenvalue weighted by Crippen LogP contribution is 2.23. The molecule has 0 aliphatic carbocycles. The van der Waals surface area contributed by atoms with E-state index in [0.29, 0.717) is 6.42 Å². The Balaban J connectivity index is 1.70. The van der Waals surface area contributed by atoms with Crippen molar-refractivity contribution in [2.24, 2.45) is 0 Å². The minimum absolute atomic E-state index is 0.0107. The fourth-order valence-electron chi connectivity index (χ4n) is 3.40. The van der Waals surface area contributed by atoms with Gasteiger partial charge in [0.15, 0.2) is 6.10 Å². The SMILES string of the molecule is CCCCOC(=O)[C@@H](CCCc1ccccc1)OS(=O)(=O)c1ccc(-c2ccccc2)cc1. The lowest BCUT2D eigenvalue weighted by Gasteiger charge is -2.17. The van der Waals surface area contributed by atoms with E-state index in [2.05, 4.69) is 0 Å². The van der Waals surface area contributed by atoms with Crippen molar-refractivity contribution in [2.45, 2.75) is 50.0 Å². The monoisotopic (exact) mass is 466 g/mol. The average molecular weight is 467 g/mol. The molecular weight excluding hydrogens is 436 g/mol. The number of aryl methyl sites for hydroxylation is 1. The summed E-state index contributed by atoms with van der Waals surface area (Å²) in [7, 11) is -4.13. The third-order valence-electron chi connectivity index (χ3n) is 5.27. The standard InChI is InChI=1S/C27H30O5S/c1-2-3-21-31-27(28)26(16-10-13-22-11-6-4-7-12-22)32-33(29,30)25-19-17-24(18-20-25)23-14-8-5-9-15-23/h4-9,11-12,14-15,17-20,26H,2-3,10,13,16,21H2,1H3/t26-/m1/s1. The molecule has 0 radical (unpaired) electrons. The molecule has 174 valence electrons. The Hall–Kier alpha value is -2.96. The second kappa shape index (κ2) is 12.3. The van der Waals surface area contributed by atoms with Crippen LogP contribution >= 0.6 is 0 Å². The van der Waals surface area contributed by atoms with Crippen molar-refractivity contribution in [3.8, 4) is 11.1 Å². The molecular formula is C27H30O5S. The number of rotatable bonds is 12. The van der Waals surface area contributed by atoms with Crippen molar-refractivity contribution in [1.29, 1.82) is 0 Å². The zero-order valence-corrected chi connectivity index (χ0v) is 19.7. The number of esters is 1. The average Bonchev–Trinajstić information content (AvgIpc) is 2.85. The van der Waals surface area contributed by atoms with E-state index in [4.69, 9.17) is 8.92 Å². The predicted octanol–water partition coefficient (Wildman–Crippen LogP) is 5.79. The Bertz CT molecular complexity index is 1090. The van der Waals surface area contributed by atoms with Gasteiger partial charge in [-0.25, -0.2) is 4.79 Å². The molecule has 33 heavy (non-hydrogen) atoms. The van der Waals surface area contributed by atoms with Gasteiger partial charge in [0, 0.05) is 0 Å². The van der Waals surface area contributed by atoms with Gasteiger partial charge >= 0.3 is 5.97 Å². The number of benzene rings is 3. The quantitative estimate of drug-likeness (QED) is 0.192. The summed E-state index contributed by atoms with van der Waals surface area (Å²) in [6.45, 7) is 2.24. The summed E-state index contributed by atoms with van der Waals surface area (Å²) in [6, 6.07) is 26.0. The van der Waals surface area contributed by atoms with Gasteiger partial charge in [0.2, 0.25) is 0 Å². The third-order valence-corrected chi connectivity index (χ3v) is 6.61. The molecule has 5 nitrogen and oxygen atoms in total. The molecule has 3 aromatic rings. The summed E-state index contributed by atoms with van der Waals surface area (Å²) in [4.78, 5) is 12.6. The van der Waals surface area contributed by atoms with Crippen molar-refractivity contribution < 1.29 is 22.1 Å². The van der Waals surface area contributed by atoms with Crippen molar-refractivity contribution in [1.82, 2.24) is 0 Å². The minimum atomic E-state index is -4.13. The van der Waals surface area contributed by atoms with Crippen LogP contribution in [-0.2, 0) is 30.3 Å². The van der Waals surface area contributed by atoms with Gasteiger partial charge in [0.1, 0.15) is 0 Å². The van der Waals surface area contributed by atoms with E-state index in [1.165, 1.54) is 12.1 Å². The molecule has 0 aliphatic rings. The molecule has 0 fully saturated rings. The fraction of sp³-hybridized carbons (Fsp3) is 0.296. The lowest BCUT2D eigenvalue weighted by Crippen LogP contribution is -2.30. The molecule has 0 bridgehead atoms. The van der Waals surface area contributed by atoms with E-state index in [0.717, 1.165) is 36.0 Å². The summed E-state index contributed by atoms with van der Waals surface area (Å²) in [5.41, 5.74) is 3.00. The highest BCUT2D eigenvalue weighted by Gasteiger charge is 2.28. The Morgan fingerprint density at radius 2 is 1.42 bits per heavy atom. The maximum Gasteiger partial charge on any atom is 0.336 e. The Morgan fingerprint density at radius 1 is 0.818 bits per heavy atom. The maximum atomic E-state index is 12.9. The van der Waals surface area contributed by atoms with E-state index in [-0.39, 0.29) is 17.9 Å². The van der Waals surface area contributed by atoms with E-state index in [1.54, 1.807) is 12.1 Å². The molecule has 0 amide bonds. The predicted molar refractivity (Wildman–Crippen MR) is 129 cm³/mol. The minimum Gasteiger partial charge on any atom is -0.464 e. The fourth-order valence-corrected chi connectivity index (χ4v) is 4.47. The second-order valence-electron chi connectivity index (χ2n) is 7.83. The topological polar surface area (TPSA) is 69.7 Å². The zero-order valence-electron chi connectivity index (χ0n) is 18.9. The van der Waals surface area contributed by atoms with Crippen LogP contribution in [0.3, 0.4) is 0 Å². The number of ether oxygens (including phenoxy) is 1. The van der Waals surface area contributed by atoms with Gasteiger partial charge in [0.05, 0.1) is 11.5 Å². The van der Waals surface area contributed by atoms with Crippen LogP contribution in [0, 0.1) is 0 Å². The lowest BCUT2D eigenvalue weighted by atomic mass is 10.1. The molecule has 0 heterocycles. The van der Waals surface area contributed by atoms with E-state index < -0.39 is 22.2 Å². The molecule has 0 spiro atoms. The second-order valence-corrected chi connectivity index (χ2v) is 9.40. The number of carbonyl (C=O) groups excluding carboxylic acids is 1. The van der Waals surface area contributed by atoms with Crippen LogP contribution in [-0.4, -0.2) is 27.1 Å². The smallest absolute Gasteiger partial charge is 0.336 e. The van der Waals surface area contributed by atoms with Crippen molar-refractivity contribution in [3.05, 3.63) is 90.5 Å². The summed E-state index contributed by atoms with van der Waals surface area (Å²) in [5, 5.41) is 0. The Labute approximate surface area is 196 Å². The summed E-state index contributed by atoms with van der Waals surface area (Å²) in [5.74, 6) is -0.638. The zero-order chi connectivity index (χ0) is 23.5. The normalized spacial score (nSPS) is 12.3. The van der Waals surface area contributed by atoms with Gasteiger partial charge in [0.25, 0.3) is 10.1 Å². The number of hydrogen-bond acceptors (Lipinski definition) is 5. The molecule has 0 saturated carbocycles. The maximum absolute atomic E-state index is 12.9. The Morgan fingerprint density at radius 3 is 2.06 bits per heavy atom. The number of hydrogen-bond donors (Lipinski definition) is 0. The Kier molecular flexibility index (Phi) is 9.22. The van der Waals surface area contributed by atoms with Gasteiger partial charge in [-0.1, -0.05) is 86.1 Å². The number of unbranched alkanes of at least 4 members (excludes halogenated alkanes) is 1. The molecule has 3 aromatic carbocycles. The van der Waals surface area contributed by atoms with Crippen LogP contribution in [0.5, 0.6) is 0 Å². The van der Waals surface area contributed by atoms with Crippen LogP contribution < -0.4 is 0 Å². The molecule has 0 N–H and O–H groups in total. The molecule has 0 aromatic heterocycles. The highest BCUT2D eigenvalue weighted by atomic mass is 32.2.